The summed E-state index contributed by atoms with van der Waals surface area (Å²) >= 11 is 0. The highest BCUT2D eigenvalue weighted by atomic mass is 16.5. The van der Waals surface area contributed by atoms with Crippen LogP contribution in [-0.4, -0.2) is 32.9 Å². The van der Waals surface area contributed by atoms with E-state index in [2.05, 4.69) is 34.1 Å². The number of Topliss-reactive ketones (excluding diaryl/α,β-unsaturated/α-hetero) is 1. The fourth-order valence-corrected chi connectivity index (χ4v) is 3.35. The van der Waals surface area contributed by atoms with Gasteiger partial charge in [0.25, 0.3) is 0 Å². The fraction of sp³-hybridized carbons (Fsp3) is 0.381. The second-order valence-electron chi connectivity index (χ2n) is 8.11. The Morgan fingerprint density at radius 2 is 2.11 bits per heavy atom. The molecule has 0 saturated carbocycles. The highest BCUT2D eigenvalue weighted by Gasteiger charge is 2.32. The maximum absolute atomic E-state index is 12.3. The molecule has 140 valence electrons. The lowest BCUT2D eigenvalue weighted by atomic mass is 9.91. The Morgan fingerprint density at radius 3 is 2.89 bits per heavy atom. The lowest BCUT2D eigenvalue weighted by Gasteiger charge is -2.31. The summed E-state index contributed by atoms with van der Waals surface area (Å²) in [6.45, 7) is 8.98. The number of hydrogen-bond acceptors (Lipinski definition) is 5. The van der Waals surface area contributed by atoms with Crippen LogP contribution < -0.4 is 10.1 Å². The molecule has 6 nitrogen and oxygen atoms in total. The third-order valence-electron chi connectivity index (χ3n) is 4.67. The van der Waals surface area contributed by atoms with E-state index in [0.29, 0.717) is 29.6 Å². The summed E-state index contributed by atoms with van der Waals surface area (Å²) in [5, 5.41) is 4.18. The van der Waals surface area contributed by atoms with Crippen molar-refractivity contribution >= 4 is 22.8 Å². The first-order valence-corrected chi connectivity index (χ1v) is 9.27. The van der Waals surface area contributed by atoms with E-state index in [1.807, 2.05) is 44.4 Å². The summed E-state index contributed by atoms with van der Waals surface area (Å²) in [5.74, 6) is 1.90. The normalized spacial score (nSPS) is 15.7. The van der Waals surface area contributed by atoms with Crippen molar-refractivity contribution in [2.24, 2.45) is 5.92 Å². The number of H-pyrrole nitrogens is 1. The van der Waals surface area contributed by atoms with Gasteiger partial charge in [-0.2, -0.15) is 4.98 Å². The first-order chi connectivity index (χ1) is 12.8. The minimum atomic E-state index is -0.483. The second kappa shape index (κ2) is 6.37. The number of carbonyl (C=O) groups is 1. The SMILES string of the molecule is CC(C)CNc1ncc2c(-c3ccc4c(c3)OC(C)(C)CC4=O)c[nH]c2n1. The van der Waals surface area contributed by atoms with Gasteiger partial charge in [-0.25, -0.2) is 4.98 Å². The first kappa shape index (κ1) is 17.5. The average Bonchev–Trinajstić information content (AvgIpc) is 3.01. The van der Waals surface area contributed by atoms with Crippen molar-refractivity contribution in [3.63, 3.8) is 0 Å². The monoisotopic (exact) mass is 364 g/mol. The number of aromatic nitrogens is 3. The van der Waals surface area contributed by atoms with E-state index in [4.69, 9.17) is 4.74 Å². The topological polar surface area (TPSA) is 79.9 Å². The summed E-state index contributed by atoms with van der Waals surface area (Å²) in [5.41, 5.74) is 2.90. The molecule has 0 fully saturated rings. The molecular formula is C21H24N4O2. The Hall–Kier alpha value is -2.89. The van der Waals surface area contributed by atoms with Crippen molar-refractivity contribution in [1.82, 2.24) is 15.0 Å². The van der Waals surface area contributed by atoms with Crippen LogP contribution in [0.4, 0.5) is 5.95 Å². The van der Waals surface area contributed by atoms with Gasteiger partial charge < -0.3 is 15.0 Å². The molecule has 4 rings (SSSR count). The Balaban J connectivity index is 1.70. The van der Waals surface area contributed by atoms with E-state index in [0.717, 1.165) is 28.7 Å². The van der Waals surface area contributed by atoms with Gasteiger partial charge in [0, 0.05) is 29.9 Å². The van der Waals surface area contributed by atoms with Gasteiger partial charge in [-0.05, 0) is 37.5 Å². The van der Waals surface area contributed by atoms with Crippen LogP contribution in [0.25, 0.3) is 22.2 Å². The number of benzene rings is 1. The van der Waals surface area contributed by atoms with E-state index in [9.17, 15) is 4.79 Å². The van der Waals surface area contributed by atoms with E-state index >= 15 is 0 Å². The van der Waals surface area contributed by atoms with Crippen LogP contribution in [0.5, 0.6) is 5.75 Å². The third kappa shape index (κ3) is 3.39. The molecule has 0 amide bonds. The van der Waals surface area contributed by atoms with Crippen molar-refractivity contribution in [2.45, 2.75) is 39.7 Å². The summed E-state index contributed by atoms with van der Waals surface area (Å²) in [7, 11) is 0. The quantitative estimate of drug-likeness (QED) is 0.715. The number of aromatic amines is 1. The van der Waals surface area contributed by atoms with E-state index in [1.54, 1.807) is 0 Å². The van der Waals surface area contributed by atoms with Gasteiger partial charge in [0.2, 0.25) is 5.95 Å². The molecule has 1 aliphatic heterocycles. The predicted octanol–water partition coefficient (Wildman–Crippen LogP) is 4.44. The van der Waals surface area contributed by atoms with Crippen molar-refractivity contribution in [2.75, 3.05) is 11.9 Å². The summed E-state index contributed by atoms with van der Waals surface area (Å²) in [6.07, 6.45) is 4.14. The number of carbonyl (C=O) groups excluding carboxylic acids is 1. The average molecular weight is 364 g/mol. The molecule has 6 heteroatoms. The van der Waals surface area contributed by atoms with Crippen LogP contribution in [0.3, 0.4) is 0 Å². The zero-order valence-corrected chi connectivity index (χ0v) is 16.1. The Labute approximate surface area is 158 Å². The van der Waals surface area contributed by atoms with E-state index < -0.39 is 5.60 Å². The predicted molar refractivity (Wildman–Crippen MR) is 106 cm³/mol. The second-order valence-corrected chi connectivity index (χ2v) is 8.11. The largest absolute Gasteiger partial charge is 0.487 e. The number of ketones is 1. The Morgan fingerprint density at radius 1 is 1.30 bits per heavy atom. The van der Waals surface area contributed by atoms with Crippen LogP contribution in [0.1, 0.15) is 44.5 Å². The minimum absolute atomic E-state index is 0.121. The lowest BCUT2D eigenvalue weighted by Crippen LogP contribution is -2.35. The molecule has 0 spiro atoms. The van der Waals surface area contributed by atoms with Crippen molar-refractivity contribution in [3.8, 4) is 16.9 Å². The van der Waals surface area contributed by atoms with E-state index in [-0.39, 0.29) is 5.78 Å². The minimum Gasteiger partial charge on any atom is -0.487 e. The lowest BCUT2D eigenvalue weighted by molar-refractivity contribution is 0.0620. The highest BCUT2D eigenvalue weighted by Crippen LogP contribution is 2.37. The standard InChI is InChI=1S/C21H24N4O2/c1-12(2)9-23-20-24-11-16-15(10-22-19(16)25-20)13-5-6-14-17(26)8-21(3,4)27-18(14)7-13/h5-7,10-12H,8-9H2,1-4H3,(H2,22,23,24,25). The summed E-state index contributed by atoms with van der Waals surface area (Å²) < 4.78 is 6.04. The van der Waals surface area contributed by atoms with Gasteiger partial charge in [0.05, 0.1) is 12.0 Å². The van der Waals surface area contributed by atoms with Gasteiger partial charge >= 0.3 is 0 Å². The van der Waals surface area contributed by atoms with Crippen molar-refractivity contribution in [1.29, 1.82) is 0 Å². The van der Waals surface area contributed by atoms with Crippen LogP contribution in [0, 0.1) is 5.92 Å². The molecule has 0 saturated heterocycles. The van der Waals surface area contributed by atoms with Gasteiger partial charge in [0.15, 0.2) is 5.78 Å². The van der Waals surface area contributed by atoms with Crippen LogP contribution in [-0.2, 0) is 0 Å². The molecule has 0 atom stereocenters. The molecule has 0 aliphatic carbocycles. The van der Waals surface area contributed by atoms with Crippen LogP contribution in [0.2, 0.25) is 0 Å². The fourth-order valence-electron chi connectivity index (χ4n) is 3.35. The Kier molecular flexibility index (Phi) is 4.13. The molecule has 0 unspecified atom stereocenters. The van der Waals surface area contributed by atoms with Gasteiger partial charge in [-0.15, -0.1) is 0 Å². The smallest absolute Gasteiger partial charge is 0.224 e. The first-order valence-electron chi connectivity index (χ1n) is 9.27. The summed E-state index contributed by atoms with van der Waals surface area (Å²) in [4.78, 5) is 24.6. The number of nitrogens with one attached hydrogen (secondary N) is 2. The van der Waals surface area contributed by atoms with Gasteiger partial charge in [0.1, 0.15) is 17.0 Å². The molecule has 2 N–H and O–H groups in total. The number of hydrogen-bond donors (Lipinski definition) is 2. The number of ether oxygens (including phenoxy) is 1. The zero-order valence-electron chi connectivity index (χ0n) is 16.1. The van der Waals surface area contributed by atoms with Crippen LogP contribution in [0.15, 0.2) is 30.6 Å². The molecule has 3 aromatic rings. The highest BCUT2D eigenvalue weighted by molar-refractivity contribution is 6.02. The number of nitrogens with zero attached hydrogens (tertiary/aromatic N) is 2. The molecule has 27 heavy (non-hydrogen) atoms. The molecule has 0 radical (unpaired) electrons. The van der Waals surface area contributed by atoms with Gasteiger partial charge in [-0.1, -0.05) is 19.9 Å². The molecule has 1 aliphatic rings. The molecule has 0 bridgehead atoms. The van der Waals surface area contributed by atoms with E-state index in [1.165, 1.54) is 0 Å². The number of anilines is 1. The Bertz CT molecular complexity index is 1020. The maximum atomic E-state index is 12.3. The third-order valence-corrected chi connectivity index (χ3v) is 4.67. The number of rotatable bonds is 4. The molecular weight excluding hydrogens is 340 g/mol. The van der Waals surface area contributed by atoms with Crippen molar-refractivity contribution in [3.05, 3.63) is 36.2 Å². The van der Waals surface area contributed by atoms with Crippen molar-refractivity contribution < 1.29 is 9.53 Å². The van der Waals surface area contributed by atoms with Gasteiger partial charge in [-0.3, -0.25) is 4.79 Å². The summed E-state index contributed by atoms with van der Waals surface area (Å²) in [6, 6.07) is 5.73. The van der Waals surface area contributed by atoms with Crippen LogP contribution >= 0.6 is 0 Å². The molecule has 1 aromatic carbocycles. The molecule has 3 heterocycles. The maximum Gasteiger partial charge on any atom is 0.224 e. The zero-order chi connectivity index (χ0) is 19.2. The molecule has 2 aromatic heterocycles. The number of fused-ring (bicyclic) bond motifs is 2.